The summed E-state index contributed by atoms with van der Waals surface area (Å²) in [5, 5.41) is 1.69. The van der Waals surface area contributed by atoms with Crippen molar-refractivity contribution in [3.05, 3.63) is 42.5 Å². The van der Waals surface area contributed by atoms with Gasteiger partial charge in [-0.1, -0.05) is 57.2 Å². The molecular weight excluding hydrogens is 258 g/mol. The largest absolute Gasteiger partial charge is 0.241 e. The number of rotatable bonds is 3. The van der Waals surface area contributed by atoms with Crippen LogP contribution >= 0.6 is 0 Å². The zero-order chi connectivity index (χ0) is 14.1. The number of benzene rings is 2. The van der Waals surface area contributed by atoms with Crippen LogP contribution in [-0.4, -0.2) is 15.0 Å². The predicted octanol–water partition coefficient (Wildman–Crippen LogP) is 3.16. The van der Waals surface area contributed by atoms with Gasteiger partial charge in [-0.15, -0.1) is 0 Å². The number of sulfonamides is 1. The molecule has 0 saturated carbocycles. The third kappa shape index (κ3) is 3.33. The van der Waals surface area contributed by atoms with Gasteiger partial charge in [-0.05, 0) is 16.9 Å². The standard InChI is InChI=1S/C15H19NO2S/c1-15(2,3)11-16-19(17,18)14-10-6-8-12-7-4-5-9-13(12)14/h4-10,16H,11H2,1-3H3. The average Bonchev–Trinajstić information content (AvgIpc) is 2.35. The van der Waals surface area contributed by atoms with Crippen molar-refractivity contribution in [1.82, 2.24) is 4.72 Å². The molecule has 0 unspecified atom stereocenters. The Morgan fingerprint density at radius 2 is 1.63 bits per heavy atom. The minimum Gasteiger partial charge on any atom is -0.211 e. The van der Waals surface area contributed by atoms with Gasteiger partial charge in [0.15, 0.2) is 0 Å². The van der Waals surface area contributed by atoms with Gasteiger partial charge in [0.1, 0.15) is 0 Å². The molecule has 0 aromatic heterocycles. The Balaban J connectivity index is 2.44. The highest BCUT2D eigenvalue weighted by molar-refractivity contribution is 7.89. The van der Waals surface area contributed by atoms with E-state index in [2.05, 4.69) is 4.72 Å². The van der Waals surface area contributed by atoms with Crippen molar-refractivity contribution in [3.8, 4) is 0 Å². The lowest BCUT2D eigenvalue weighted by Gasteiger charge is -2.19. The maximum Gasteiger partial charge on any atom is 0.241 e. The van der Waals surface area contributed by atoms with Crippen LogP contribution in [0.3, 0.4) is 0 Å². The monoisotopic (exact) mass is 277 g/mol. The fourth-order valence-electron chi connectivity index (χ4n) is 1.82. The van der Waals surface area contributed by atoms with Crippen molar-refractivity contribution in [3.63, 3.8) is 0 Å². The lowest BCUT2D eigenvalue weighted by Crippen LogP contribution is -2.32. The molecule has 0 atom stereocenters. The fourth-order valence-corrected chi connectivity index (χ4v) is 3.33. The quantitative estimate of drug-likeness (QED) is 0.936. The summed E-state index contributed by atoms with van der Waals surface area (Å²) < 4.78 is 27.4. The minimum atomic E-state index is -3.47. The molecule has 0 fully saturated rings. The first-order valence-corrected chi connectivity index (χ1v) is 7.75. The molecule has 0 heterocycles. The molecule has 0 aliphatic rings. The van der Waals surface area contributed by atoms with E-state index < -0.39 is 10.0 Å². The average molecular weight is 277 g/mol. The summed E-state index contributed by atoms with van der Waals surface area (Å²) in [5.41, 5.74) is -0.0857. The Bertz CT molecular complexity index is 679. The Morgan fingerprint density at radius 3 is 2.32 bits per heavy atom. The zero-order valence-corrected chi connectivity index (χ0v) is 12.3. The van der Waals surface area contributed by atoms with Gasteiger partial charge in [-0.25, -0.2) is 13.1 Å². The normalized spacial score (nSPS) is 12.8. The molecule has 4 heteroatoms. The molecule has 2 rings (SSSR count). The first kappa shape index (κ1) is 14.0. The SMILES string of the molecule is CC(C)(C)CNS(=O)(=O)c1cccc2ccccc12. The molecule has 0 saturated heterocycles. The molecule has 19 heavy (non-hydrogen) atoms. The molecule has 0 amide bonds. The second-order valence-electron chi connectivity index (χ2n) is 5.86. The predicted molar refractivity (Wildman–Crippen MR) is 78.6 cm³/mol. The first-order chi connectivity index (χ1) is 8.80. The summed E-state index contributed by atoms with van der Waals surface area (Å²) in [4.78, 5) is 0.342. The molecule has 2 aromatic rings. The van der Waals surface area contributed by atoms with Gasteiger partial charge in [0, 0.05) is 11.9 Å². The number of hydrogen-bond acceptors (Lipinski definition) is 2. The van der Waals surface area contributed by atoms with Gasteiger partial charge in [-0.2, -0.15) is 0 Å². The molecule has 0 radical (unpaired) electrons. The summed E-state index contributed by atoms with van der Waals surface area (Å²) >= 11 is 0. The summed E-state index contributed by atoms with van der Waals surface area (Å²) in [6, 6.07) is 12.8. The Labute approximate surface area is 114 Å². The van der Waals surface area contributed by atoms with E-state index >= 15 is 0 Å². The summed E-state index contributed by atoms with van der Waals surface area (Å²) in [5.74, 6) is 0. The summed E-state index contributed by atoms with van der Waals surface area (Å²) in [6.45, 7) is 6.41. The molecule has 0 aliphatic carbocycles. The van der Waals surface area contributed by atoms with Crippen LogP contribution in [0.4, 0.5) is 0 Å². The van der Waals surface area contributed by atoms with E-state index in [0.29, 0.717) is 11.4 Å². The van der Waals surface area contributed by atoms with E-state index in [-0.39, 0.29) is 5.41 Å². The van der Waals surface area contributed by atoms with Gasteiger partial charge in [0.2, 0.25) is 10.0 Å². The Hall–Kier alpha value is -1.39. The second-order valence-corrected chi connectivity index (χ2v) is 7.60. The van der Waals surface area contributed by atoms with Crippen molar-refractivity contribution in [2.45, 2.75) is 25.7 Å². The molecule has 102 valence electrons. The Kier molecular flexibility index (Phi) is 3.65. The maximum absolute atomic E-state index is 12.4. The fraction of sp³-hybridized carbons (Fsp3) is 0.333. The van der Waals surface area contributed by atoms with Crippen molar-refractivity contribution >= 4 is 20.8 Å². The van der Waals surface area contributed by atoms with Crippen LogP contribution in [0, 0.1) is 5.41 Å². The van der Waals surface area contributed by atoms with Gasteiger partial charge < -0.3 is 0 Å². The first-order valence-electron chi connectivity index (χ1n) is 6.27. The topological polar surface area (TPSA) is 46.2 Å². The van der Waals surface area contributed by atoms with Crippen LogP contribution in [0.1, 0.15) is 20.8 Å². The molecule has 0 aliphatic heterocycles. The van der Waals surface area contributed by atoms with Crippen LogP contribution in [-0.2, 0) is 10.0 Å². The smallest absolute Gasteiger partial charge is 0.211 e. The van der Waals surface area contributed by atoms with Gasteiger partial charge in [0.05, 0.1) is 4.90 Å². The van der Waals surface area contributed by atoms with E-state index in [0.717, 1.165) is 10.8 Å². The molecule has 1 N–H and O–H groups in total. The lowest BCUT2D eigenvalue weighted by atomic mass is 9.98. The van der Waals surface area contributed by atoms with Crippen LogP contribution in [0.2, 0.25) is 0 Å². The lowest BCUT2D eigenvalue weighted by molar-refractivity contribution is 0.408. The van der Waals surface area contributed by atoms with Crippen molar-refractivity contribution in [2.75, 3.05) is 6.54 Å². The maximum atomic E-state index is 12.4. The van der Waals surface area contributed by atoms with E-state index in [1.54, 1.807) is 12.1 Å². The highest BCUT2D eigenvalue weighted by atomic mass is 32.2. The molecule has 3 nitrogen and oxygen atoms in total. The molecule has 0 spiro atoms. The zero-order valence-electron chi connectivity index (χ0n) is 11.5. The van der Waals surface area contributed by atoms with Crippen LogP contribution < -0.4 is 4.72 Å². The van der Waals surface area contributed by atoms with Crippen molar-refractivity contribution in [1.29, 1.82) is 0 Å². The van der Waals surface area contributed by atoms with E-state index in [4.69, 9.17) is 0 Å². The molecule has 2 aromatic carbocycles. The number of fused-ring (bicyclic) bond motifs is 1. The highest BCUT2D eigenvalue weighted by Crippen LogP contribution is 2.23. The van der Waals surface area contributed by atoms with Crippen LogP contribution in [0.5, 0.6) is 0 Å². The number of hydrogen-bond donors (Lipinski definition) is 1. The van der Waals surface area contributed by atoms with Crippen molar-refractivity contribution in [2.24, 2.45) is 5.41 Å². The summed E-state index contributed by atoms with van der Waals surface area (Å²) in [7, 11) is -3.47. The van der Waals surface area contributed by atoms with Gasteiger partial charge in [0.25, 0.3) is 0 Å². The molecular formula is C15H19NO2S. The molecule has 0 bridgehead atoms. The van der Waals surface area contributed by atoms with E-state index in [1.165, 1.54) is 0 Å². The Morgan fingerprint density at radius 1 is 1.00 bits per heavy atom. The van der Waals surface area contributed by atoms with Gasteiger partial charge in [-0.3, -0.25) is 0 Å². The van der Waals surface area contributed by atoms with Crippen molar-refractivity contribution < 1.29 is 8.42 Å². The highest BCUT2D eigenvalue weighted by Gasteiger charge is 2.20. The van der Waals surface area contributed by atoms with Crippen LogP contribution in [0.25, 0.3) is 10.8 Å². The minimum absolute atomic E-state index is 0.0857. The van der Waals surface area contributed by atoms with Gasteiger partial charge >= 0.3 is 0 Å². The van der Waals surface area contributed by atoms with Crippen LogP contribution in [0.15, 0.2) is 47.4 Å². The van der Waals surface area contributed by atoms with E-state index in [9.17, 15) is 8.42 Å². The number of nitrogens with one attached hydrogen (secondary N) is 1. The third-order valence-electron chi connectivity index (χ3n) is 2.83. The van der Waals surface area contributed by atoms with E-state index in [1.807, 2.05) is 51.1 Å². The second kappa shape index (κ2) is 4.94. The third-order valence-corrected chi connectivity index (χ3v) is 4.29. The summed E-state index contributed by atoms with van der Waals surface area (Å²) in [6.07, 6.45) is 0.